The zero-order valence-electron chi connectivity index (χ0n) is 9.32. The Labute approximate surface area is 99.9 Å². The molecule has 0 amide bonds. The first-order chi connectivity index (χ1) is 8.45. The molecule has 2 aromatic rings. The molecule has 0 radical (unpaired) electrons. The number of imidazole rings is 1. The molecule has 1 aromatic carbocycles. The third kappa shape index (κ3) is 1.12. The van der Waals surface area contributed by atoms with Crippen molar-refractivity contribution in [1.82, 2.24) is 9.55 Å². The lowest BCUT2D eigenvalue weighted by atomic mass is 9.82. The molecule has 4 rings (SSSR count). The summed E-state index contributed by atoms with van der Waals surface area (Å²) in [6.45, 7) is 0. The highest BCUT2D eigenvalue weighted by molar-refractivity contribution is 5.66. The Bertz CT molecular complexity index is 634. The summed E-state index contributed by atoms with van der Waals surface area (Å²) in [6.07, 6.45) is 12.8. The van der Waals surface area contributed by atoms with Gasteiger partial charge in [0.15, 0.2) is 0 Å². The van der Waals surface area contributed by atoms with Gasteiger partial charge >= 0.3 is 0 Å². The van der Waals surface area contributed by atoms with E-state index in [0.717, 1.165) is 5.82 Å². The van der Waals surface area contributed by atoms with E-state index >= 15 is 0 Å². The molecule has 1 aromatic heterocycles. The van der Waals surface area contributed by atoms with Crippen LogP contribution >= 0.6 is 0 Å². The molecular weight excluding hydrogens is 208 g/mol. The summed E-state index contributed by atoms with van der Waals surface area (Å²) in [5, 5.41) is 0. The van der Waals surface area contributed by atoms with Crippen LogP contribution in [0.25, 0.3) is 11.4 Å². The van der Waals surface area contributed by atoms with Crippen molar-refractivity contribution < 1.29 is 0 Å². The summed E-state index contributed by atoms with van der Waals surface area (Å²) in [5.74, 6) is 1.53. The molecule has 82 valence electrons. The van der Waals surface area contributed by atoms with E-state index in [1.165, 1.54) is 11.1 Å². The Hall–Kier alpha value is -2.09. The zero-order chi connectivity index (χ0) is 11.2. The minimum absolute atomic E-state index is 0.382. The summed E-state index contributed by atoms with van der Waals surface area (Å²) in [5.41, 5.74) is 2.65. The van der Waals surface area contributed by atoms with Crippen LogP contribution < -0.4 is 0 Å². The highest BCUT2D eigenvalue weighted by atomic mass is 15.1. The van der Waals surface area contributed by atoms with Gasteiger partial charge in [0.1, 0.15) is 5.82 Å². The summed E-state index contributed by atoms with van der Waals surface area (Å²) in [6, 6.07) is 8.96. The van der Waals surface area contributed by atoms with Crippen molar-refractivity contribution in [3.8, 4) is 11.4 Å². The lowest BCUT2D eigenvalue weighted by molar-refractivity contribution is 0.535. The SMILES string of the molecule is C1=CC2c3ccccc3-c3nccn3C2C=C1. The van der Waals surface area contributed by atoms with Crippen LogP contribution in [0, 0.1) is 0 Å². The summed E-state index contributed by atoms with van der Waals surface area (Å²) < 4.78 is 2.27. The Morgan fingerprint density at radius 1 is 1.06 bits per heavy atom. The van der Waals surface area contributed by atoms with Gasteiger partial charge in [-0.05, 0) is 5.56 Å². The normalized spacial score (nSPS) is 24.0. The van der Waals surface area contributed by atoms with Gasteiger partial charge in [0.2, 0.25) is 0 Å². The minimum Gasteiger partial charge on any atom is -0.323 e. The van der Waals surface area contributed by atoms with E-state index in [9.17, 15) is 0 Å². The molecule has 2 heteroatoms. The van der Waals surface area contributed by atoms with Gasteiger partial charge in [0.05, 0.1) is 6.04 Å². The zero-order valence-corrected chi connectivity index (χ0v) is 9.32. The van der Waals surface area contributed by atoms with Gasteiger partial charge in [0, 0.05) is 23.9 Å². The molecule has 2 unspecified atom stereocenters. The highest BCUT2D eigenvalue weighted by Crippen LogP contribution is 2.44. The molecule has 0 saturated carbocycles. The fourth-order valence-corrected chi connectivity index (χ4v) is 2.90. The van der Waals surface area contributed by atoms with Crippen LogP contribution in [0.15, 0.2) is 61.0 Å². The number of hydrogen-bond donors (Lipinski definition) is 0. The third-order valence-corrected chi connectivity index (χ3v) is 3.66. The van der Waals surface area contributed by atoms with E-state index in [4.69, 9.17) is 0 Å². The van der Waals surface area contributed by atoms with Gasteiger partial charge in [-0.25, -0.2) is 4.98 Å². The maximum atomic E-state index is 4.49. The predicted molar refractivity (Wildman–Crippen MR) is 67.7 cm³/mol. The fourth-order valence-electron chi connectivity index (χ4n) is 2.90. The van der Waals surface area contributed by atoms with Crippen molar-refractivity contribution in [3.63, 3.8) is 0 Å². The quantitative estimate of drug-likeness (QED) is 0.666. The highest BCUT2D eigenvalue weighted by Gasteiger charge is 2.31. The largest absolute Gasteiger partial charge is 0.323 e. The Morgan fingerprint density at radius 2 is 1.94 bits per heavy atom. The average molecular weight is 220 g/mol. The molecule has 0 bridgehead atoms. The number of nitrogens with zero attached hydrogens (tertiary/aromatic N) is 2. The second kappa shape index (κ2) is 3.20. The number of benzene rings is 1. The van der Waals surface area contributed by atoms with Crippen LogP contribution in [-0.4, -0.2) is 9.55 Å². The number of rotatable bonds is 0. The second-order valence-corrected chi connectivity index (χ2v) is 4.53. The standard InChI is InChI=1S/C15H12N2/c1-2-7-13-11(5-1)12-6-3-4-8-14(12)17-10-9-16-15(13)17/h1-10,12,14H. The van der Waals surface area contributed by atoms with Crippen molar-refractivity contribution >= 4 is 0 Å². The van der Waals surface area contributed by atoms with Gasteiger partial charge < -0.3 is 4.57 Å². The molecule has 0 saturated heterocycles. The van der Waals surface area contributed by atoms with Gasteiger partial charge in [0.25, 0.3) is 0 Å². The van der Waals surface area contributed by atoms with Crippen LogP contribution in [0.2, 0.25) is 0 Å². The maximum absolute atomic E-state index is 4.49. The van der Waals surface area contributed by atoms with Crippen LogP contribution in [0.4, 0.5) is 0 Å². The summed E-state index contributed by atoms with van der Waals surface area (Å²) in [7, 11) is 0. The van der Waals surface area contributed by atoms with Crippen molar-refractivity contribution in [2.75, 3.05) is 0 Å². The number of allylic oxidation sites excluding steroid dienone is 4. The molecule has 2 atom stereocenters. The first kappa shape index (κ1) is 8.99. The van der Waals surface area contributed by atoms with E-state index in [2.05, 4.69) is 64.3 Å². The van der Waals surface area contributed by atoms with E-state index in [1.54, 1.807) is 0 Å². The Morgan fingerprint density at radius 3 is 2.94 bits per heavy atom. The topological polar surface area (TPSA) is 17.8 Å². The van der Waals surface area contributed by atoms with E-state index in [1.807, 2.05) is 6.20 Å². The molecule has 0 fully saturated rings. The first-order valence-corrected chi connectivity index (χ1v) is 5.92. The number of fused-ring (bicyclic) bond motifs is 6. The molecule has 0 N–H and O–H groups in total. The van der Waals surface area contributed by atoms with Gasteiger partial charge in [-0.15, -0.1) is 0 Å². The van der Waals surface area contributed by atoms with Crippen LogP contribution in [0.3, 0.4) is 0 Å². The van der Waals surface area contributed by atoms with E-state index in [-0.39, 0.29) is 0 Å². The van der Waals surface area contributed by atoms with Gasteiger partial charge in [-0.1, -0.05) is 48.6 Å². The molecule has 2 aliphatic rings. The predicted octanol–water partition coefficient (Wildman–Crippen LogP) is 3.31. The average Bonchev–Trinajstić information content (AvgIpc) is 2.89. The van der Waals surface area contributed by atoms with Crippen LogP contribution in [-0.2, 0) is 0 Å². The lowest BCUT2D eigenvalue weighted by Crippen LogP contribution is -2.22. The van der Waals surface area contributed by atoms with Crippen molar-refractivity contribution in [2.24, 2.45) is 0 Å². The van der Waals surface area contributed by atoms with Crippen molar-refractivity contribution in [3.05, 3.63) is 66.5 Å². The summed E-state index contributed by atoms with van der Waals surface area (Å²) >= 11 is 0. The van der Waals surface area contributed by atoms with E-state index < -0.39 is 0 Å². The molecule has 1 aliphatic carbocycles. The summed E-state index contributed by atoms with van der Waals surface area (Å²) in [4.78, 5) is 4.49. The van der Waals surface area contributed by atoms with Gasteiger partial charge in [-0.2, -0.15) is 0 Å². The minimum atomic E-state index is 0.382. The van der Waals surface area contributed by atoms with Gasteiger partial charge in [-0.3, -0.25) is 0 Å². The van der Waals surface area contributed by atoms with Crippen molar-refractivity contribution in [2.45, 2.75) is 12.0 Å². The molecule has 0 spiro atoms. The monoisotopic (exact) mass is 220 g/mol. The number of hydrogen-bond acceptors (Lipinski definition) is 1. The smallest absolute Gasteiger partial charge is 0.140 e. The Kier molecular flexibility index (Phi) is 1.69. The Balaban J connectivity index is 2.05. The second-order valence-electron chi connectivity index (χ2n) is 4.53. The van der Waals surface area contributed by atoms with Crippen LogP contribution in [0.5, 0.6) is 0 Å². The molecule has 17 heavy (non-hydrogen) atoms. The molecule has 2 nitrogen and oxygen atoms in total. The molecule has 2 heterocycles. The van der Waals surface area contributed by atoms with Crippen LogP contribution in [0.1, 0.15) is 17.5 Å². The first-order valence-electron chi connectivity index (χ1n) is 5.92. The van der Waals surface area contributed by atoms with Crippen molar-refractivity contribution in [1.29, 1.82) is 0 Å². The lowest BCUT2D eigenvalue weighted by Gasteiger charge is -2.33. The molecule has 1 aliphatic heterocycles. The third-order valence-electron chi connectivity index (χ3n) is 3.66. The fraction of sp³-hybridized carbons (Fsp3) is 0.133. The maximum Gasteiger partial charge on any atom is 0.140 e. The number of aromatic nitrogens is 2. The van der Waals surface area contributed by atoms with E-state index in [0.29, 0.717) is 12.0 Å². The molecular formula is C15H12N2.